The molecule has 0 aliphatic heterocycles. The Balaban J connectivity index is 0. The van der Waals surface area contributed by atoms with E-state index in [0.717, 1.165) is 0 Å². The SMILES string of the molecule is O=S(=O)([O-])C(I)I.O=c1[nH]cc(F)c(=O)[nH]1.[Na+]. The molecule has 0 radical (unpaired) electrons. The van der Waals surface area contributed by atoms with E-state index >= 15 is 0 Å². The second-order valence-electron chi connectivity index (χ2n) is 2.17. The zero-order chi connectivity index (χ0) is 12.9. The van der Waals surface area contributed by atoms with E-state index in [-0.39, 0.29) is 29.6 Å². The van der Waals surface area contributed by atoms with Crippen LogP contribution in [0.1, 0.15) is 0 Å². The van der Waals surface area contributed by atoms with Crippen molar-refractivity contribution in [3.8, 4) is 0 Å². The quantitative estimate of drug-likeness (QED) is 0.183. The number of nitrogens with one attached hydrogen (secondary N) is 2. The van der Waals surface area contributed by atoms with Crippen LogP contribution in [0.5, 0.6) is 0 Å². The molecule has 0 saturated heterocycles. The number of aromatic nitrogens is 2. The Morgan fingerprint density at radius 3 is 2.00 bits per heavy atom. The van der Waals surface area contributed by atoms with Gasteiger partial charge in [0.25, 0.3) is 5.56 Å². The van der Waals surface area contributed by atoms with Gasteiger partial charge in [-0.05, 0) is 0 Å². The Bertz CT molecular complexity index is 556. The molecule has 92 valence electrons. The number of hydrogen-bond acceptors (Lipinski definition) is 5. The van der Waals surface area contributed by atoms with Crippen LogP contribution in [-0.2, 0) is 10.1 Å². The molecule has 0 saturated carbocycles. The molecule has 1 heterocycles. The standard InChI is InChI=1S/C4H3FN2O2.CH2I2O3S.Na/c5-2-1-6-4(9)7-3(2)8;2-1(3)7(4,5)6;/h1H,(H2,6,7,8,9);1H,(H,4,5,6);/q;;+1/p-1. The normalized spacial score (nSPS) is 10.2. The van der Waals surface area contributed by atoms with Crippen LogP contribution in [0, 0.1) is 5.82 Å². The van der Waals surface area contributed by atoms with Gasteiger partial charge in [0.1, 0.15) is 10.1 Å². The van der Waals surface area contributed by atoms with Crippen LogP contribution in [0.25, 0.3) is 0 Å². The van der Waals surface area contributed by atoms with Crippen LogP contribution in [-0.4, -0.2) is 24.2 Å². The molecule has 0 atom stereocenters. The van der Waals surface area contributed by atoms with Crippen molar-refractivity contribution in [2.24, 2.45) is 0 Å². The van der Waals surface area contributed by atoms with Crippen molar-refractivity contribution in [1.29, 1.82) is 0 Å². The summed E-state index contributed by atoms with van der Waals surface area (Å²) in [6.07, 6.45) is 0.709. The summed E-state index contributed by atoms with van der Waals surface area (Å²) >= 11 is 3.07. The van der Waals surface area contributed by atoms with Gasteiger partial charge in [0.05, 0.1) is 0 Å². The molecule has 0 fully saturated rings. The second kappa shape index (κ2) is 8.98. The van der Waals surface area contributed by atoms with Gasteiger partial charge in [-0.1, -0.05) is 45.2 Å². The molecule has 1 aromatic heterocycles. The van der Waals surface area contributed by atoms with E-state index in [2.05, 4.69) is 0 Å². The van der Waals surface area contributed by atoms with E-state index in [4.69, 9.17) is 0 Å². The van der Waals surface area contributed by atoms with E-state index in [1.165, 1.54) is 45.2 Å². The van der Waals surface area contributed by atoms with Crippen LogP contribution >= 0.6 is 45.2 Å². The number of aromatic amines is 2. The topological polar surface area (TPSA) is 123 Å². The molecule has 0 aromatic carbocycles. The van der Waals surface area contributed by atoms with Gasteiger partial charge in [-0.25, -0.2) is 13.2 Å². The van der Waals surface area contributed by atoms with Gasteiger partial charge in [-0.15, -0.1) is 0 Å². The minimum Gasteiger partial charge on any atom is -0.747 e. The summed E-state index contributed by atoms with van der Waals surface area (Å²) in [4.78, 5) is 24.0. The molecule has 12 heteroatoms. The fourth-order valence-electron chi connectivity index (χ4n) is 0.393. The Hall–Kier alpha value is 0.980. The van der Waals surface area contributed by atoms with Gasteiger partial charge in [-0.3, -0.25) is 9.78 Å². The fourth-order valence-corrected chi connectivity index (χ4v) is 0.393. The number of halogens is 3. The van der Waals surface area contributed by atoms with Crippen molar-refractivity contribution in [1.82, 2.24) is 9.97 Å². The van der Waals surface area contributed by atoms with Crippen LogP contribution in [0.4, 0.5) is 4.39 Å². The molecule has 0 amide bonds. The van der Waals surface area contributed by atoms with Gasteiger partial charge in [0.15, 0.2) is 1.26 Å². The van der Waals surface area contributed by atoms with Crippen molar-refractivity contribution in [2.75, 3.05) is 0 Å². The average Bonchev–Trinajstić information content (AvgIpc) is 2.11. The Morgan fingerprint density at radius 1 is 1.35 bits per heavy atom. The van der Waals surface area contributed by atoms with Crippen LogP contribution in [0.2, 0.25) is 0 Å². The maximum Gasteiger partial charge on any atom is 1.00 e. The first kappa shape index (κ1) is 20.3. The molecular weight excluding hydrogens is 496 g/mol. The molecule has 7 nitrogen and oxygen atoms in total. The van der Waals surface area contributed by atoms with Crippen LogP contribution in [0.3, 0.4) is 0 Å². The first-order valence-corrected chi connectivity index (χ1v) is 7.31. The summed E-state index contributed by atoms with van der Waals surface area (Å²) in [5.74, 6) is -0.991. The Kier molecular flexibility index (Phi) is 10.7. The zero-order valence-electron chi connectivity index (χ0n) is 8.24. The summed E-state index contributed by atoms with van der Waals surface area (Å²) in [5, 5.41) is 0. The number of alkyl halides is 2. The van der Waals surface area contributed by atoms with Gasteiger partial charge in [-0.2, -0.15) is 4.39 Å². The van der Waals surface area contributed by atoms with Gasteiger partial charge in [0, 0.05) is 6.20 Å². The molecule has 0 spiro atoms. The van der Waals surface area contributed by atoms with Gasteiger partial charge < -0.3 is 9.54 Å². The predicted octanol–water partition coefficient (Wildman–Crippen LogP) is -3.11. The summed E-state index contributed by atoms with van der Waals surface area (Å²) in [7, 11) is -4.02. The molecule has 0 bridgehead atoms. The number of hydrogen-bond donors (Lipinski definition) is 2. The smallest absolute Gasteiger partial charge is 0.747 e. The van der Waals surface area contributed by atoms with E-state index in [1.807, 2.05) is 4.98 Å². The average molecular weight is 500 g/mol. The summed E-state index contributed by atoms with van der Waals surface area (Å²) in [5.41, 5.74) is -1.71. The van der Waals surface area contributed by atoms with E-state index < -0.39 is 28.4 Å². The second-order valence-corrected chi connectivity index (χ2v) is 10.2. The molecule has 0 aliphatic carbocycles. The first-order chi connectivity index (χ1) is 7.14. The molecular formula is C5H4FI2N2NaO5S. The molecule has 17 heavy (non-hydrogen) atoms. The fraction of sp³-hybridized carbons (Fsp3) is 0.200. The third-order valence-corrected chi connectivity index (χ3v) is 5.17. The largest absolute Gasteiger partial charge is 1.00 e. The summed E-state index contributed by atoms with van der Waals surface area (Å²) in [6.45, 7) is 0. The monoisotopic (exact) mass is 500 g/mol. The minimum absolute atomic E-state index is 0. The molecule has 0 unspecified atom stereocenters. The zero-order valence-corrected chi connectivity index (χ0v) is 15.4. The maximum atomic E-state index is 12.0. The van der Waals surface area contributed by atoms with Crippen molar-refractivity contribution < 1.29 is 46.9 Å². The van der Waals surface area contributed by atoms with Crippen molar-refractivity contribution >= 4 is 55.3 Å². The Labute approximate surface area is 144 Å². The van der Waals surface area contributed by atoms with Crippen molar-refractivity contribution in [3.05, 3.63) is 32.9 Å². The summed E-state index contributed by atoms with van der Waals surface area (Å²) in [6, 6.07) is 0. The van der Waals surface area contributed by atoms with Crippen molar-refractivity contribution in [3.63, 3.8) is 0 Å². The van der Waals surface area contributed by atoms with E-state index in [0.29, 0.717) is 6.20 Å². The van der Waals surface area contributed by atoms with Crippen LogP contribution in [0.15, 0.2) is 15.8 Å². The molecule has 0 aliphatic rings. The predicted molar refractivity (Wildman–Crippen MR) is 69.2 cm³/mol. The summed E-state index contributed by atoms with van der Waals surface area (Å²) < 4.78 is 40.4. The van der Waals surface area contributed by atoms with Crippen molar-refractivity contribution in [2.45, 2.75) is 1.26 Å². The minimum atomic E-state index is -4.02. The number of H-pyrrole nitrogens is 2. The molecule has 2 N–H and O–H groups in total. The van der Waals surface area contributed by atoms with E-state index in [9.17, 15) is 27.0 Å². The van der Waals surface area contributed by atoms with Crippen LogP contribution < -0.4 is 40.8 Å². The third-order valence-electron chi connectivity index (χ3n) is 0.992. The van der Waals surface area contributed by atoms with E-state index in [1.54, 1.807) is 4.98 Å². The van der Waals surface area contributed by atoms with Gasteiger partial charge in [0.2, 0.25) is 5.82 Å². The molecule has 1 rings (SSSR count). The maximum absolute atomic E-state index is 12.0. The first-order valence-electron chi connectivity index (χ1n) is 3.35. The Morgan fingerprint density at radius 2 is 1.76 bits per heavy atom. The third kappa shape index (κ3) is 9.54. The number of rotatable bonds is 1. The molecule has 1 aromatic rings. The van der Waals surface area contributed by atoms with Gasteiger partial charge >= 0.3 is 35.2 Å².